The molecule has 238 valence electrons. The van der Waals surface area contributed by atoms with Gasteiger partial charge in [-0.15, -0.1) is 4.57 Å². The van der Waals surface area contributed by atoms with Crippen LogP contribution in [0.3, 0.4) is 0 Å². The third-order valence-corrected chi connectivity index (χ3v) is 7.76. The molecular weight excluding hydrogens is 658 g/mol. The first-order valence-corrected chi connectivity index (χ1v) is 14.2. The molecule has 0 N–H and O–H groups in total. The molecule has 0 saturated carbocycles. The second-order valence-electron chi connectivity index (χ2n) is 9.80. The van der Waals surface area contributed by atoms with Gasteiger partial charge in [0.25, 0.3) is 5.82 Å². The van der Waals surface area contributed by atoms with E-state index in [1.807, 2.05) is 6.07 Å². The van der Waals surface area contributed by atoms with Gasteiger partial charge in [0.2, 0.25) is 0 Å². The van der Waals surface area contributed by atoms with Crippen molar-refractivity contribution in [2.24, 2.45) is 7.05 Å². The van der Waals surface area contributed by atoms with Crippen LogP contribution in [0.15, 0.2) is 85.2 Å². The van der Waals surface area contributed by atoms with E-state index in [0.29, 0.717) is 46.2 Å². The van der Waals surface area contributed by atoms with Gasteiger partial charge >= 0.3 is 12.4 Å². The van der Waals surface area contributed by atoms with Crippen molar-refractivity contribution in [1.29, 1.82) is 0 Å². The maximum absolute atomic E-state index is 13.8. The molecule has 1 aromatic heterocycles. The highest BCUT2D eigenvalue weighted by atomic mass is 35.5. The number of anilines is 2. The molecule has 1 aliphatic rings. The van der Waals surface area contributed by atoms with E-state index in [2.05, 4.69) is 27.2 Å². The van der Waals surface area contributed by atoms with Gasteiger partial charge in [-0.1, -0.05) is 54.6 Å². The highest BCUT2D eigenvalue weighted by molar-refractivity contribution is 7.99. The number of nitrogens with zero attached hydrogens (tertiary/aromatic N) is 4. The average Bonchev–Trinajstić information content (AvgIpc) is 3.42. The first-order valence-electron chi connectivity index (χ1n) is 13.1. The Morgan fingerprint density at radius 1 is 1.02 bits per heavy atom. The third-order valence-electron chi connectivity index (χ3n) is 7.15. The fraction of sp³-hybridized carbons (Fsp3) is 0.129. The summed E-state index contributed by atoms with van der Waals surface area (Å²) < 4.78 is 88.9. The number of alkyl halides is 6. The van der Waals surface area contributed by atoms with Crippen molar-refractivity contribution >= 4 is 57.8 Å². The number of imidazole rings is 1. The predicted octanol–water partition coefficient (Wildman–Crippen LogP) is 7.28. The van der Waals surface area contributed by atoms with Gasteiger partial charge in [0, 0.05) is 30.1 Å². The van der Waals surface area contributed by atoms with Crippen LogP contribution in [0, 0.1) is 11.3 Å². The van der Waals surface area contributed by atoms with Crippen molar-refractivity contribution in [3.8, 4) is 11.3 Å². The zero-order chi connectivity index (χ0) is 33.4. The van der Waals surface area contributed by atoms with Gasteiger partial charge in [-0.25, -0.2) is 4.57 Å². The molecule has 15 heteroatoms. The number of allylic oxidation sites excluding steroid dienone is 2. The highest BCUT2D eigenvalue weighted by Crippen LogP contribution is 2.49. The minimum absolute atomic E-state index is 0.111. The minimum atomic E-state index is -4.70. The molecule has 7 nitrogen and oxygen atoms in total. The Labute approximate surface area is 267 Å². The molecule has 0 atom stereocenters. The number of aryl methyl sites for hydroxylation is 1. The van der Waals surface area contributed by atoms with Crippen molar-refractivity contribution in [3.05, 3.63) is 113 Å². The van der Waals surface area contributed by atoms with E-state index in [1.165, 1.54) is 16.7 Å². The van der Waals surface area contributed by atoms with E-state index in [1.54, 1.807) is 71.0 Å². The molecule has 0 bridgehead atoms. The lowest BCUT2D eigenvalue weighted by molar-refractivity contribution is -0.776. The van der Waals surface area contributed by atoms with Crippen molar-refractivity contribution in [1.82, 2.24) is 4.57 Å². The summed E-state index contributed by atoms with van der Waals surface area (Å²) in [7, 11) is 3.20. The summed E-state index contributed by atoms with van der Waals surface area (Å²) in [5.41, 5.74) is 0.331. The maximum Gasteiger partial charge on any atom is 0.417 e. The summed E-state index contributed by atoms with van der Waals surface area (Å²) in [6.07, 6.45) is -4.59. The van der Waals surface area contributed by atoms with Crippen LogP contribution in [0.1, 0.15) is 22.5 Å². The number of hydrogen-bond donors (Lipinski definition) is 0. The number of halogens is 7. The Balaban J connectivity index is 1.64. The second-order valence-corrected chi connectivity index (χ2v) is 10.7. The molecule has 2 heterocycles. The van der Waals surface area contributed by atoms with Crippen LogP contribution in [0.5, 0.6) is 0 Å². The van der Waals surface area contributed by atoms with Crippen molar-refractivity contribution in [3.63, 3.8) is 0 Å². The summed E-state index contributed by atoms with van der Waals surface area (Å²) in [5, 5.41) is 15.4. The van der Waals surface area contributed by atoms with Gasteiger partial charge in [0.1, 0.15) is 23.9 Å². The number of aromatic nitrogens is 2. The highest BCUT2D eigenvalue weighted by Gasteiger charge is 2.39. The molecular formula is C31H21ClF6N4O3S. The first kappa shape index (κ1) is 33.0. The summed E-state index contributed by atoms with van der Waals surface area (Å²) in [5.74, 6) is 0.721. The minimum Gasteiger partial charge on any atom is -0.691 e. The number of hydrogen-bond acceptors (Lipinski definition) is 6. The third kappa shape index (κ3) is 6.33. The molecule has 0 fully saturated rings. The predicted molar refractivity (Wildman–Crippen MR) is 161 cm³/mol. The van der Waals surface area contributed by atoms with Gasteiger partial charge in [-0.2, -0.15) is 30.7 Å². The summed E-state index contributed by atoms with van der Waals surface area (Å²) >= 11 is 6.44. The Morgan fingerprint density at radius 2 is 1.74 bits per heavy atom. The molecule has 3 aromatic carbocycles. The Hall–Kier alpha value is -4.39. The fourth-order valence-corrected chi connectivity index (χ4v) is 5.48. The van der Waals surface area contributed by atoms with E-state index < -0.39 is 28.5 Å². The Kier molecular flexibility index (Phi) is 9.16. The summed E-state index contributed by atoms with van der Waals surface area (Å²) in [6, 6.07) is 17.0. The first-order chi connectivity index (χ1) is 21.7. The van der Waals surface area contributed by atoms with Crippen molar-refractivity contribution in [2.45, 2.75) is 12.4 Å². The standard InChI is InChI=1S/C31H21ClF6N4O3S/c1-19(20-8-5-4-6-9-20)42-27-18-23(32)22(31(36,37)38)17-25(27)40(3)29(42)11-7-10-28-39(2)24-13-12-21(30(33,34)35)16-26(24)41(28)14-15-46-45-44-43/h4-13,16-18H,1H2,2-3H3. The van der Waals surface area contributed by atoms with Crippen molar-refractivity contribution < 1.29 is 45.5 Å². The van der Waals surface area contributed by atoms with E-state index in [-0.39, 0.29) is 11.2 Å². The molecule has 0 radical (unpaired) electrons. The smallest absolute Gasteiger partial charge is 0.417 e. The molecule has 46 heavy (non-hydrogen) atoms. The number of fused-ring (bicyclic) bond motifs is 2. The van der Waals surface area contributed by atoms with E-state index >= 15 is 0 Å². The van der Waals surface area contributed by atoms with E-state index in [4.69, 9.17) is 11.6 Å². The largest absolute Gasteiger partial charge is 0.691 e. The second kappa shape index (κ2) is 12.8. The van der Waals surface area contributed by atoms with Crippen LogP contribution in [0.2, 0.25) is 5.02 Å². The fourth-order valence-electron chi connectivity index (χ4n) is 5.02. The maximum atomic E-state index is 13.8. The lowest BCUT2D eigenvalue weighted by Gasteiger charge is -2.25. The lowest BCUT2D eigenvalue weighted by atomic mass is 10.1. The molecule has 0 spiro atoms. The van der Waals surface area contributed by atoms with Gasteiger partial charge in [0.15, 0.2) is 11.0 Å². The topological polar surface area (TPSA) is 56.8 Å². The summed E-state index contributed by atoms with van der Waals surface area (Å²) in [6.45, 7) is 4.20. The zero-order valence-electron chi connectivity index (χ0n) is 23.8. The molecule has 1 aliphatic heterocycles. The molecule has 4 aromatic rings. The van der Waals surface area contributed by atoms with Gasteiger partial charge in [-0.05, 0) is 35.9 Å². The molecule has 0 saturated heterocycles. The lowest BCUT2D eigenvalue weighted by Crippen LogP contribution is -2.30. The zero-order valence-corrected chi connectivity index (χ0v) is 25.4. The van der Waals surface area contributed by atoms with Crippen LogP contribution in [0.4, 0.5) is 37.7 Å². The van der Waals surface area contributed by atoms with Gasteiger partial charge in [-0.3, -0.25) is 9.94 Å². The molecule has 0 unspecified atom stereocenters. The normalized spacial score (nSPS) is 14.3. The number of benzene rings is 3. The van der Waals surface area contributed by atoms with Crippen LogP contribution in [-0.4, -0.2) is 11.6 Å². The molecule has 0 aliphatic carbocycles. The number of rotatable bonds is 6. The SMILES string of the molecule is C=C(c1ccccc1)N1/C(=C\C=C\c2n(C#CSOO[O-])c3cc(C(F)(F)F)ccc3[n+]2C)N(C)c2cc(C(F)(F)F)c(Cl)cc21. The van der Waals surface area contributed by atoms with Crippen molar-refractivity contribution in [2.75, 3.05) is 16.8 Å². The van der Waals surface area contributed by atoms with Gasteiger partial charge in [0.05, 0.1) is 34.6 Å². The molecule has 5 rings (SSSR count). The summed E-state index contributed by atoms with van der Waals surface area (Å²) in [4.78, 5) is 3.20. The van der Waals surface area contributed by atoms with Crippen LogP contribution < -0.4 is 19.6 Å². The monoisotopic (exact) mass is 678 g/mol. The van der Waals surface area contributed by atoms with Crippen LogP contribution in [0.25, 0.3) is 22.8 Å². The van der Waals surface area contributed by atoms with E-state index in [9.17, 15) is 31.6 Å². The van der Waals surface area contributed by atoms with Gasteiger partial charge < -0.3 is 10.2 Å². The Bertz CT molecular complexity index is 1950. The van der Waals surface area contributed by atoms with Crippen LogP contribution >= 0.6 is 23.6 Å². The quantitative estimate of drug-likeness (QED) is 0.0407. The average molecular weight is 679 g/mol. The Morgan fingerprint density at radius 3 is 2.39 bits per heavy atom. The molecule has 0 amide bonds. The van der Waals surface area contributed by atoms with E-state index in [0.717, 1.165) is 18.2 Å². The van der Waals surface area contributed by atoms with Crippen LogP contribution in [-0.2, 0) is 28.8 Å².